The van der Waals surface area contributed by atoms with Crippen molar-refractivity contribution in [1.82, 2.24) is 14.1 Å². The largest absolute Gasteiger partial charge is 0.489 e. The minimum Gasteiger partial charge on any atom is -0.485 e. The summed E-state index contributed by atoms with van der Waals surface area (Å²) in [7, 11) is 0. The van der Waals surface area contributed by atoms with Gasteiger partial charge in [0.15, 0.2) is 5.82 Å². The SMILES string of the molecule is Cc1cc(OCc2nccn2C(F)(F)F)cc(=O)n1Cc1ccc(C#CC2CC2)cc1. The van der Waals surface area contributed by atoms with Gasteiger partial charge in [-0.05, 0) is 43.5 Å². The summed E-state index contributed by atoms with van der Waals surface area (Å²) in [6, 6.07) is 10.6. The number of ether oxygens (including phenoxy) is 1. The van der Waals surface area contributed by atoms with Crippen LogP contribution in [0.5, 0.6) is 5.75 Å². The van der Waals surface area contributed by atoms with Crippen LogP contribution in [-0.4, -0.2) is 14.1 Å². The zero-order valence-corrected chi connectivity index (χ0v) is 16.8. The molecule has 0 radical (unpaired) electrons. The Bertz CT molecular complexity index is 1190. The molecule has 1 aliphatic carbocycles. The van der Waals surface area contributed by atoms with E-state index in [2.05, 4.69) is 16.8 Å². The average molecular weight is 427 g/mol. The molecule has 1 aliphatic rings. The van der Waals surface area contributed by atoms with Crippen LogP contribution in [0.2, 0.25) is 0 Å². The number of nitrogens with zero attached hydrogens (tertiary/aromatic N) is 3. The van der Waals surface area contributed by atoms with E-state index in [1.165, 1.54) is 18.9 Å². The Morgan fingerprint density at radius 1 is 1.19 bits per heavy atom. The van der Waals surface area contributed by atoms with E-state index >= 15 is 0 Å². The lowest BCUT2D eigenvalue weighted by Gasteiger charge is -2.14. The van der Waals surface area contributed by atoms with Crippen LogP contribution in [0.3, 0.4) is 0 Å². The van der Waals surface area contributed by atoms with Crippen LogP contribution in [0, 0.1) is 24.7 Å². The number of pyridine rings is 1. The molecule has 0 bridgehead atoms. The number of hydrogen-bond donors (Lipinski definition) is 0. The van der Waals surface area contributed by atoms with Crippen molar-refractivity contribution >= 4 is 0 Å². The van der Waals surface area contributed by atoms with Gasteiger partial charge in [-0.1, -0.05) is 24.0 Å². The van der Waals surface area contributed by atoms with E-state index in [4.69, 9.17) is 4.74 Å². The van der Waals surface area contributed by atoms with E-state index < -0.39 is 12.9 Å². The molecule has 0 unspecified atom stereocenters. The lowest BCUT2D eigenvalue weighted by Crippen LogP contribution is -2.23. The molecule has 31 heavy (non-hydrogen) atoms. The van der Waals surface area contributed by atoms with Crippen molar-refractivity contribution in [2.24, 2.45) is 5.92 Å². The van der Waals surface area contributed by atoms with E-state index in [1.807, 2.05) is 24.3 Å². The molecule has 0 amide bonds. The van der Waals surface area contributed by atoms with Gasteiger partial charge in [0.25, 0.3) is 5.56 Å². The molecule has 0 N–H and O–H groups in total. The highest BCUT2D eigenvalue weighted by molar-refractivity contribution is 5.37. The normalized spacial score (nSPS) is 13.5. The number of aryl methyl sites for hydroxylation is 1. The number of hydrogen-bond acceptors (Lipinski definition) is 3. The Labute approximate surface area is 177 Å². The highest BCUT2D eigenvalue weighted by Gasteiger charge is 2.32. The third-order valence-electron chi connectivity index (χ3n) is 4.96. The monoisotopic (exact) mass is 427 g/mol. The van der Waals surface area contributed by atoms with Crippen molar-refractivity contribution in [2.75, 3.05) is 0 Å². The smallest absolute Gasteiger partial charge is 0.485 e. The van der Waals surface area contributed by atoms with Crippen molar-refractivity contribution < 1.29 is 17.9 Å². The minimum absolute atomic E-state index is 0.0831. The fourth-order valence-electron chi connectivity index (χ4n) is 3.09. The van der Waals surface area contributed by atoms with E-state index in [-0.39, 0.29) is 21.7 Å². The fourth-order valence-corrected chi connectivity index (χ4v) is 3.09. The topological polar surface area (TPSA) is 49.1 Å². The van der Waals surface area contributed by atoms with Crippen LogP contribution in [0.4, 0.5) is 13.2 Å². The maximum absolute atomic E-state index is 12.9. The number of rotatable bonds is 5. The Morgan fingerprint density at radius 2 is 1.94 bits per heavy atom. The first-order valence-electron chi connectivity index (χ1n) is 9.84. The van der Waals surface area contributed by atoms with Gasteiger partial charge in [-0.25, -0.2) is 9.55 Å². The number of aromatic nitrogens is 3. The van der Waals surface area contributed by atoms with Gasteiger partial charge in [0.2, 0.25) is 0 Å². The molecule has 0 saturated heterocycles. The Balaban J connectivity index is 1.44. The molecule has 3 aromatic rings. The summed E-state index contributed by atoms with van der Waals surface area (Å²) in [5.74, 6) is 6.81. The van der Waals surface area contributed by atoms with Crippen LogP contribution in [0.1, 0.15) is 35.5 Å². The molecular formula is C23H20F3N3O2. The first kappa shape index (κ1) is 20.8. The maximum Gasteiger partial charge on any atom is 0.489 e. The second-order valence-electron chi connectivity index (χ2n) is 7.47. The molecule has 8 heteroatoms. The van der Waals surface area contributed by atoms with Gasteiger partial charge in [0.05, 0.1) is 6.54 Å². The standard InChI is InChI=1S/C23H20F3N3O2/c1-16-12-20(31-15-21-27-10-11-29(21)23(24,25)26)13-22(30)28(16)14-19-8-6-18(7-9-19)5-4-17-2-3-17/h6-13,17H,2-3,14-15H2,1H3. The number of benzene rings is 1. The molecule has 4 rings (SSSR count). The van der Waals surface area contributed by atoms with Crippen molar-refractivity contribution in [3.05, 3.63) is 81.8 Å². The third kappa shape index (κ3) is 5.18. The minimum atomic E-state index is -4.58. The molecule has 0 atom stereocenters. The van der Waals surface area contributed by atoms with Crippen molar-refractivity contribution in [3.63, 3.8) is 0 Å². The van der Waals surface area contributed by atoms with Gasteiger partial charge in [-0.15, -0.1) is 13.2 Å². The second kappa shape index (κ2) is 8.34. The molecule has 160 valence electrons. The predicted octanol–water partition coefficient (Wildman–Crippen LogP) is 4.22. The van der Waals surface area contributed by atoms with E-state index in [1.54, 1.807) is 17.6 Å². The van der Waals surface area contributed by atoms with E-state index in [0.29, 0.717) is 18.2 Å². The quantitative estimate of drug-likeness (QED) is 0.573. The average Bonchev–Trinajstić information content (AvgIpc) is 3.42. The molecule has 0 spiro atoms. The lowest BCUT2D eigenvalue weighted by atomic mass is 10.1. The van der Waals surface area contributed by atoms with Gasteiger partial charge in [0.1, 0.15) is 12.4 Å². The first-order chi connectivity index (χ1) is 14.8. The van der Waals surface area contributed by atoms with Gasteiger partial charge in [-0.3, -0.25) is 4.79 Å². The van der Waals surface area contributed by atoms with Gasteiger partial charge >= 0.3 is 6.30 Å². The zero-order valence-electron chi connectivity index (χ0n) is 16.8. The van der Waals surface area contributed by atoms with Gasteiger partial charge < -0.3 is 9.30 Å². The second-order valence-corrected chi connectivity index (χ2v) is 7.47. The van der Waals surface area contributed by atoms with E-state index in [0.717, 1.165) is 23.5 Å². The lowest BCUT2D eigenvalue weighted by molar-refractivity contribution is -0.206. The van der Waals surface area contributed by atoms with Crippen LogP contribution in [0.25, 0.3) is 0 Å². The molecule has 1 aromatic carbocycles. The molecule has 0 aliphatic heterocycles. The van der Waals surface area contributed by atoms with Crippen molar-refractivity contribution in [1.29, 1.82) is 0 Å². The summed E-state index contributed by atoms with van der Waals surface area (Å²) in [4.78, 5) is 16.2. The van der Waals surface area contributed by atoms with Crippen LogP contribution in [-0.2, 0) is 19.5 Å². The first-order valence-corrected chi connectivity index (χ1v) is 9.84. The third-order valence-corrected chi connectivity index (χ3v) is 4.96. The number of halogens is 3. The summed E-state index contributed by atoms with van der Waals surface area (Å²) in [6.45, 7) is 1.72. The van der Waals surface area contributed by atoms with Gasteiger partial charge in [0, 0.05) is 35.6 Å². The zero-order chi connectivity index (χ0) is 22.0. The molecular weight excluding hydrogens is 407 g/mol. The number of alkyl halides is 3. The highest BCUT2D eigenvalue weighted by atomic mass is 19.4. The van der Waals surface area contributed by atoms with Crippen LogP contribution < -0.4 is 10.3 Å². The molecule has 1 saturated carbocycles. The van der Waals surface area contributed by atoms with E-state index in [9.17, 15) is 18.0 Å². The maximum atomic E-state index is 12.9. The predicted molar refractivity (Wildman–Crippen MR) is 108 cm³/mol. The Hall–Kier alpha value is -3.47. The van der Waals surface area contributed by atoms with Crippen LogP contribution >= 0.6 is 0 Å². The molecule has 2 aromatic heterocycles. The molecule has 5 nitrogen and oxygen atoms in total. The fraction of sp³-hybridized carbons (Fsp3) is 0.304. The molecule has 2 heterocycles. The summed E-state index contributed by atoms with van der Waals surface area (Å²) in [5.41, 5.74) is 2.23. The summed E-state index contributed by atoms with van der Waals surface area (Å²) in [5, 5.41) is 0. The Morgan fingerprint density at radius 3 is 2.58 bits per heavy atom. The number of imidazole rings is 1. The summed E-state index contributed by atoms with van der Waals surface area (Å²) < 4.78 is 45.8. The Kier molecular flexibility index (Phi) is 5.59. The van der Waals surface area contributed by atoms with Crippen LogP contribution in [0.15, 0.2) is 53.6 Å². The van der Waals surface area contributed by atoms with Gasteiger partial charge in [-0.2, -0.15) is 0 Å². The highest BCUT2D eigenvalue weighted by Crippen LogP contribution is 2.27. The van der Waals surface area contributed by atoms with Crippen molar-refractivity contribution in [3.8, 4) is 17.6 Å². The summed E-state index contributed by atoms with van der Waals surface area (Å²) in [6.07, 6.45) is -0.340. The van der Waals surface area contributed by atoms with Crippen molar-refractivity contribution in [2.45, 2.75) is 39.2 Å². The molecule has 1 fully saturated rings. The summed E-state index contributed by atoms with van der Waals surface area (Å²) >= 11 is 0.